The molecule has 0 aromatic rings. The van der Waals surface area contributed by atoms with Crippen molar-refractivity contribution >= 4 is 86.3 Å². The molecule has 1 fully saturated rings. The summed E-state index contributed by atoms with van der Waals surface area (Å²) >= 11 is 5.47. The Kier molecular flexibility index (Phi) is 5.89. The van der Waals surface area contributed by atoms with Crippen LogP contribution in [0.5, 0.6) is 0 Å². The predicted molar refractivity (Wildman–Crippen MR) is 91.0 cm³/mol. The molecule has 9 heteroatoms. The number of carbonyl (C=O) groups is 3. The van der Waals surface area contributed by atoms with E-state index in [-0.39, 0.29) is 17.7 Å². The number of rotatable bonds is 0. The third-order valence-corrected chi connectivity index (χ3v) is 6.66. The van der Waals surface area contributed by atoms with E-state index in [1.165, 1.54) is 9.34 Å². The average Bonchev–Trinajstić information content (AvgIpc) is 2.39. The number of carbonyl (C=O) groups excluding carboxylic acids is 3. The molecular formula is C9H12I3N3O3. The average molecular weight is 591 g/mol. The SMILES string of the molecule is CC1C(=O)N(I)C(C)C(=O)N(I)C(C)C(=O)N1I. The number of amides is 3. The summed E-state index contributed by atoms with van der Waals surface area (Å²) in [5.41, 5.74) is 0. The van der Waals surface area contributed by atoms with Crippen molar-refractivity contribution in [1.82, 2.24) is 9.34 Å². The topological polar surface area (TPSA) is 60.9 Å². The van der Waals surface area contributed by atoms with Gasteiger partial charge in [0.05, 0.1) is 68.6 Å². The minimum Gasteiger partial charge on any atom is -0.272 e. The van der Waals surface area contributed by atoms with E-state index in [0.717, 1.165) is 0 Å². The Morgan fingerprint density at radius 3 is 1.00 bits per heavy atom. The fourth-order valence-electron chi connectivity index (χ4n) is 1.40. The van der Waals surface area contributed by atoms with Gasteiger partial charge in [-0.15, -0.1) is 0 Å². The van der Waals surface area contributed by atoms with Crippen LogP contribution in [0.4, 0.5) is 0 Å². The monoisotopic (exact) mass is 591 g/mol. The summed E-state index contributed by atoms with van der Waals surface area (Å²) in [5.74, 6) is -0.755. The van der Waals surface area contributed by atoms with Crippen LogP contribution in [0.2, 0.25) is 0 Å². The molecule has 1 rings (SSSR count). The van der Waals surface area contributed by atoms with Crippen LogP contribution in [0.25, 0.3) is 0 Å². The quantitative estimate of drug-likeness (QED) is 0.319. The summed E-state index contributed by atoms with van der Waals surface area (Å²) in [6.45, 7) is 4.97. The Hall–Kier alpha value is 0.600. The van der Waals surface area contributed by atoms with Crippen molar-refractivity contribution in [3.63, 3.8) is 0 Å². The van der Waals surface area contributed by atoms with Crippen molar-refractivity contribution in [1.29, 1.82) is 0 Å². The third-order valence-electron chi connectivity index (χ3n) is 2.72. The number of halogens is 3. The highest BCUT2D eigenvalue weighted by Crippen LogP contribution is 2.24. The molecule has 0 saturated carbocycles. The maximum Gasteiger partial charge on any atom is 0.255 e. The first-order chi connectivity index (χ1) is 8.20. The molecule has 0 N–H and O–H groups in total. The van der Waals surface area contributed by atoms with Crippen molar-refractivity contribution in [2.75, 3.05) is 0 Å². The van der Waals surface area contributed by atoms with Gasteiger partial charge in [0.1, 0.15) is 18.1 Å². The second kappa shape index (κ2) is 6.37. The summed E-state index contributed by atoms with van der Waals surface area (Å²) < 4.78 is 4.06. The predicted octanol–water partition coefficient (Wildman–Crippen LogP) is 1.70. The van der Waals surface area contributed by atoms with Crippen LogP contribution in [0.15, 0.2) is 0 Å². The van der Waals surface area contributed by atoms with E-state index in [2.05, 4.69) is 0 Å². The highest BCUT2D eigenvalue weighted by atomic mass is 127. The standard InChI is InChI=1S/C9H12I3N3O3/c1-4-7(16)14(11)6(3)9(18)15(12)5(2)8(17)13(4)10/h4-6H,1-3H3. The minimum atomic E-state index is -0.587. The molecule has 1 heterocycles. The van der Waals surface area contributed by atoms with Gasteiger partial charge in [0.2, 0.25) is 0 Å². The minimum absolute atomic E-state index is 0.252. The molecule has 1 saturated heterocycles. The van der Waals surface area contributed by atoms with Crippen LogP contribution in [0.3, 0.4) is 0 Å². The second-order valence-electron chi connectivity index (χ2n) is 3.98. The third kappa shape index (κ3) is 3.02. The van der Waals surface area contributed by atoms with Gasteiger partial charge in [0.25, 0.3) is 17.7 Å². The molecule has 3 unspecified atom stereocenters. The van der Waals surface area contributed by atoms with E-state index in [9.17, 15) is 14.4 Å². The van der Waals surface area contributed by atoms with Crippen molar-refractivity contribution in [3.05, 3.63) is 0 Å². The van der Waals surface area contributed by atoms with Crippen molar-refractivity contribution in [2.45, 2.75) is 38.9 Å². The van der Waals surface area contributed by atoms with Crippen LogP contribution in [0, 0.1) is 0 Å². The van der Waals surface area contributed by atoms with Crippen LogP contribution < -0.4 is 0 Å². The lowest BCUT2D eigenvalue weighted by atomic mass is 10.2. The summed E-state index contributed by atoms with van der Waals surface area (Å²) in [5, 5.41) is 0. The Balaban J connectivity index is 3.21. The van der Waals surface area contributed by atoms with Crippen LogP contribution in [0.1, 0.15) is 20.8 Å². The molecule has 0 aromatic carbocycles. The zero-order valence-corrected chi connectivity index (χ0v) is 16.4. The molecule has 1 aliphatic rings. The van der Waals surface area contributed by atoms with Gasteiger partial charge in [-0.2, -0.15) is 0 Å². The first-order valence-electron chi connectivity index (χ1n) is 5.16. The summed E-state index contributed by atoms with van der Waals surface area (Å²) in [7, 11) is 0. The first kappa shape index (κ1) is 16.7. The summed E-state index contributed by atoms with van der Waals surface area (Å²) in [6.07, 6.45) is 0. The molecule has 0 spiro atoms. The molecule has 3 atom stereocenters. The maximum absolute atomic E-state index is 12.1. The normalized spacial score (nSPS) is 31.3. The second-order valence-corrected chi connectivity index (χ2v) is 7.09. The van der Waals surface area contributed by atoms with E-state index in [1.807, 2.05) is 68.6 Å². The van der Waals surface area contributed by atoms with Crippen molar-refractivity contribution < 1.29 is 14.4 Å². The van der Waals surface area contributed by atoms with Gasteiger partial charge in [0, 0.05) is 0 Å². The Bertz CT molecular complexity index is 305. The molecule has 102 valence electrons. The molecule has 0 aromatic heterocycles. The van der Waals surface area contributed by atoms with Gasteiger partial charge in [-0.3, -0.25) is 23.7 Å². The van der Waals surface area contributed by atoms with E-state index < -0.39 is 18.1 Å². The Labute approximate surface area is 147 Å². The molecule has 6 nitrogen and oxygen atoms in total. The molecule has 1 aliphatic heterocycles. The largest absolute Gasteiger partial charge is 0.272 e. The summed E-state index contributed by atoms with van der Waals surface area (Å²) in [6, 6.07) is -1.76. The van der Waals surface area contributed by atoms with E-state index in [4.69, 9.17) is 0 Å². The zero-order valence-electron chi connectivity index (χ0n) is 9.93. The van der Waals surface area contributed by atoms with Gasteiger partial charge in [-0.25, -0.2) is 0 Å². The summed E-state index contributed by atoms with van der Waals surface area (Å²) in [4.78, 5) is 36.4. The van der Waals surface area contributed by atoms with Gasteiger partial charge in [-0.05, 0) is 20.8 Å². The van der Waals surface area contributed by atoms with Crippen molar-refractivity contribution in [3.8, 4) is 0 Å². The van der Waals surface area contributed by atoms with Gasteiger partial charge in [-0.1, -0.05) is 0 Å². The fourth-order valence-corrected chi connectivity index (χ4v) is 3.32. The molecule has 3 amide bonds. The number of hydrogen-bond acceptors (Lipinski definition) is 3. The van der Waals surface area contributed by atoms with Crippen molar-refractivity contribution in [2.24, 2.45) is 0 Å². The molecule has 0 aliphatic carbocycles. The lowest BCUT2D eigenvalue weighted by Gasteiger charge is -2.25. The molecule has 18 heavy (non-hydrogen) atoms. The molecule has 0 bridgehead atoms. The highest BCUT2D eigenvalue weighted by Gasteiger charge is 2.40. The van der Waals surface area contributed by atoms with Gasteiger partial charge >= 0.3 is 0 Å². The Morgan fingerprint density at radius 1 is 0.667 bits per heavy atom. The molecular weight excluding hydrogens is 579 g/mol. The van der Waals surface area contributed by atoms with Gasteiger partial charge in [0.15, 0.2) is 0 Å². The lowest BCUT2D eigenvalue weighted by molar-refractivity contribution is -0.136. The molecule has 0 radical (unpaired) electrons. The maximum atomic E-state index is 12.1. The lowest BCUT2D eigenvalue weighted by Crippen LogP contribution is -2.45. The van der Waals surface area contributed by atoms with Crippen LogP contribution >= 0.6 is 68.6 Å². The smallest absolute Gasteiger partial charge is 0.255 e. The van der Waals surface area contributed by atoms with E-state index >= 15 is 0 Å². The zero-order chi connectivity index (χ0) is 14.2. The Morgan fingerprint density at radius 2 is 0.833 bits per heavy atom. The van der Waals surface area contributed by atoms with Crippen LogP contribution in [-0.4, -0.2) is 45.2 Å². The van der Waals surface area contributed by atoms with E-state index in [0.29, 0.717) is 0 Å². The number of hydrogen-bond donors (Lipinski definition) is 0. The fraction of sp³-hybridized carbons (Fsp3) is 0.667. The highest BCUT2D eigenvalue weighted by molar-refractivity contribution is 14.1. The van der Waals surface area contributed by atoms with Crippen LogP contribution in [-0.2, 0) is 14.4 Å². The number of nitrogens with zero attached hydrogens (tertiary/aromatic N) is 3. The first-order valence-corrected chi connectivity index (χ1v) is 8.06. The van der Waals surface area contributed by atoms with E-state index in [1.54, 1.807) is 20.8 Å². The van der Waals surface area contributed by atoms with Gasteiger partial charge < -0.3 is 0 Å².